The van der Waals surface area contributed by atoms with Crippen molar-refractivity contribution in [2.24, 2.45) is 5.73 Å². The van der Waals surface area contributed by atoms with Gasteiger partial charge in [-0.15, -0.1) is 0 Å². The number of hydrogen-bond acceptors (Lipinski definition) is 5. The number of carbonyl (C=O) groups is 3. The third-order valence-corrected chi connectivity index (χ3v) is 5.97. The lowest BCUT2D eigenvalue weighted by Gasteiger charge is -2.26. The third-order valence-electron chi connectivity index (χ3n) is 5.97. The van der Waals surface area contributed by atoms with Crippen LogP contribution in [0.4, 0.5) is 0 Å². The Morgan fingerprint density at radius 1 is 0.943 bits per heavy atom. The molecule has 0 saturated heterocycles. The van der Waals surface area contributed by atoms with Crippen molar-refractivity contribution >= 4 is 28.5 Å². The number of fused-ring (bicyclic) bond motifs is 1. The van der Waals surface area contributed by atoms with Crippen molar-refractivity contribution in [2.75, 3.05) is 13.2 Å². The van der Waals surface area contributed by atoms with Crippen LogP contribution < -0.4 is 11.1 Å². The molecule has 0 aliphatic heterocycles. The zero-order valence-corrected chi connectivity index (χ0v) is 20.1. The Kier molecular flexibility index (Phi) is 9.52. The molecule has 3 aromatic carbocycles. The van der Waals surface area contributed by atoms with E-state index in [1.54, 1.807) is 18.2 Å². The van der Waals surface area contributed by atoms with Gasteiger partial charge in [0.05, 0.1) is 0 Å². The summed E-state index contributed by atoms with van der Waals surface area (Å²) in [5.41, 5.74) is 7.74. The van der Waals surface area contributed by atoms with Crippen LogP contribution in [-0.2, 0) is 22.6 Å². The molecule has 0 aliphatic carbocycles. The number of hydrogen-bond donors (Lipinski definition) is 3. The third kappa shape index (κ3) is 6.97. The molecule has 3 rings (SSSR count). The van der Waals surface area contributed by atoms with E-state index in [1.807, 2.05) is 55.5 Å². The van der Waals surface area contributed by atoms with Crippen molar-refractivity contribution < 1.29 is 19.5 Å². The van der Waals surface area contributed by atoms with Crippen molar-refractivity contribution in [1.29, 1.82) is 0 Å². The van der Waals surface area contributed by atoms with Gasteiger partial charge in [0.2, 0.25) is 0 Å². The van der Waals surface area contributed by atoms with E-state index < -0.39 is 30.4 Å². The molecule has 0 unspecified atom stereocenters. The summed E-state index contributed by atoms with van der Waals surface area (Å²) < 4.78 is 0. The second-order valence-electron chi connectivity index (χ2n) is 8.57. The molecule has 0 saturated carbocycles. The molecule has 3 aromatic rings. The van der Waals surface area contributed by atoms with E-state index in [0.717, 1.165) is 39.6 Å². The van der Waals surface area contributed by atoms with E-state index in [2.05, 4.69) is 5.32 Å². The van der Waals surface area contributed by atoms with Crippen molar-refractivity contribution in [1.82, 2.24) is 10.2 Å². The minimum atomic E-state index is -0.984. The molecule has 0 aromatic heterocycles. The molecule has 7 nitrogen and oxygen atoms in total. The van der Waals surface area contributed by atoms with Crippen molar-refractivity contribution in [3.05, 3.63) is 83.4 Å². The van der Waals surface area contributed by atoms with Crippen molar-refractivity contribution in [2.45, 2.75) is 45.2 Å². The molecule has 4 N–H and O–H groups in total. The first kappa shape index (κ1) is 26.1. The summed E-state index contributed by atoms with van der Waals surface area (Å²) in [5.74, 6) is -1.63. The predicted octanol–water partition coefficient (Wildman–Crippen LogP) is 3.18. The van der Waals surface area contributed by atoms with E-state index in [9.17, 15) is 19.5 Å². The number of imide groups is 1. The lowest BCUT2D eigenvalue weighted by molar-refractivity contribution is -0.148. The van der Waals surface area contributed by atoms with Gasteiger partial charge in [-0.1, -0.05) is 74.4 Å². The van der Waals surface area contributed by atoms with Crippen LogP contribution in [0.1, 0.15) is 47.7 Å². The van der Waals surface area contributed by atoms with Gasteiger partial charge in [0, 0.05) is 25.1 Å². The highest BCUT2D eigenvalue weighted by molar-refractivity contribution is 6.02. The highest BCUT2D eigenvalue weighted by Crippen LogP contribution is 2.18. The number of nitrogens with zero attached hydrogens (tertiary/aromatic N) is 1. The van der Waals surface area contributed by atoms with E-state index in [0.29, 0.717) is 12.0 Å². The fourth-order valence-corrected chi connectivity index (χ4v) is 4.03. The number of unbranched alkanes of at least 4 members (excludes halogenated alkanes) is 2. The van der Waals surface area contributed by atoms with Gasteiger partial charge in [0.15, 0.2) is 0 Å². The largest absolute Gasteiger partial charge is 0.387 e. The Labute approximate surface area is 205 Å². The zero-order chi connectivity index (χ0) is 25.2. The lowest BCUT2D eigenvalue weighted by Crippen LogP contribution is -2.52. The molecule has 0 heterocycles. The summed E-state index contributed by atoms with van der Waals surface area (Å²) in [5, 5.41) is 14.4. The quantitative estimate of drug-likeness (QED) is 0.369. The van der Waals surface area contributed by atoms with Gasteiger partial charge in [-0.25, -0.2) is 0 Å². The van der Waals surface area contributed by atoms with Crippen LogP contribution in [0.15, 0.2) is 66.7 Å². The Bertz CT molecular complexity index is 1180. The number of rotatable bonds is 11. The maximum Gasteiger partial charge on any atom is 0.254 e. The van der Waals surface area contributed by atoms with Crippen LogP contribution in [0.3, 0.4) is 0 Å². The van der Waals surface area contributed by atoms with Gasteiger partial charge < -0.3 is 16.2 Å². The normalized spacial score (nSPS) is 11.7. The number of aliphatic hydroxyl groups excluding tert-OH is 1. The van der Waals surface area contributed by atoms with Crippen LogP contribution in [0, 0.1) is 0 Å². The predicted molar refractivity (Wildman–Crippen MR) is 137 cm³/mol. The van der Waals surface area contributed by atoms with E-state index in [1.165, 1.54) is 0 Å². The second kappa shape index (κ2) is 12.8. The molecular formula is C28H33N3O4. The van der Waals surface area contributed by atoms with Gasteiger partial charge >= 0.3 is 0 Å². The van der Waals surface area contributed by atoms with E-state index in [-0.39, 0.29) is 19.5 Å². The number of benzene rings is 3. The first-order chi connectivity index (χ1) is 17.0. The van der Waals surface area contributed by atoms with Crippen molar-refractivity contribution in [3.8, 4) is 0 Å². The number of nitrogens with one attached hydrogen (secondary N) is 1. The summed E-state index contributed by atoms with van der Waals surface area (Å²) >= 11 is 0. The Hall–Kier alpha value is -3.55. The first-order valence-corrected chi connectivity index (χ1v) is 12.0. The highest BCUT2D eigenvalue weighted by Gasteiger charge is 2.30. The fourth-order valence-electron chi connectivity index (χ4n) is 4.03. The maximum atomic E-state index is 13.6. The Balaban J connectivity index is 1.91. The summed E-state index contributed by atoms with van der Waals surface area (Å²) in [6.07, 6.45) is 2.60. The molecule has 0 radical (unpaired) electrons. The fraction of sp³-hybridized carbons (Fsp3) is 0.321. The van der Waals surface area contributed by atoms with Crippen LogP contribution in [0.25, 0.3) is 10.8 Å². The molecule has 0 spiro atoms. The number of carbonyl (C=O) groups excluding carboxylic acids is 3. The topological polar surface area (TPSA) is 113 Å². The minimum Gasteiger partial charge on any atom is -0.387 e. The van der Waals surface area contributed by atoms with Gasteiger partial charge in [0.25, 0.3) is 17.7 Å². The van der Waals surface area contributed by atoms with Gasteiger partial charge in [-0.2, -0.15) is 0 Å². The minimum absolute atomic E-state index is 0.193. The monoisotopic (exact) mass is 475 g/mol. The molecule has 1 atom stereocenters. The van der Waals surface area contributed by atoms with Crippen LogP contribution in [0.2, 0.25) is 0 Å². The smallest absolute Gasteiger partial charge is 0.254 e. The van der Waals surface area contributed by atoms with Gasteiger partial charge in [-0.3, -0.25) is 19.3 Å². The SMILES string of the molecule is CCCCCN(C(=O)CO)C(=O)[C@H](Cc1ccc2ccccc2c1)NC(=O)c1cccc(CN)c1. The van der Waals surface area contributed by atoms with E-state index in [4.69, 9.17) is 5.73 Å². The summed E-state index contributed by atoms with van der Waals surface area (Å²) in [6.45, 7) is 1.74. The molecule has 7 heteroatoms. The highest BCUT2D eigenvalue weighted by atomic mass is 16.3. The summed E-state index contributed by atoms with van der Waals surface area (Å²) in [7, 11) is 0. The molecular weight excluding hydrogens is 442 g/mol. The van der Waals surface area contributed by atoms with Crippen molar-refractivity contribution in [3.63, 3.8) is 0 Å². The standard InChI is InChI=1S/C28H33N3O4/c1-2-3-6-14-31(26(33)19-32)28(35)25(30-27(34)24-11-7-8-21(16-24)18-29)17-20-12-13-22-9-4-5-10-23(22)15-20/h4-5,7-13,15-16,25,32H,2-3,6,14,17-19,29H2,1H3,(H,30,34)/t25-/m0/s1. The van der Waals surface area contributed by atoms with Gasteiger partial charge in [-0.05, 0) is 40.5 Å². The zero-order valence-electron chi connectivity index (χ0n) is 20.1. The number of amides is 3. The molecule has 0 aliphatic rings. The molecule has 35 heavy (non-hydrogen) atoms. The van der Waals surface area contributed by atoms with Gasteiger partial charge in [0.1, 0.15) is 12.6 Å². The van der Waals surface area contributed by atoms with Crippen LogP contribution in [-0.4, -0.2) is 46.9 Å². The Morgan fingerprint density at radius 3 is 2.43 bits per heavy atom. The molecule has 0 fully saturated rings. The molecule has 3 amide bonds. The average molecular weight is 476 g/mol. The average Bonchev–Trinajstić information content (AvgIpc) is 2.90. The Morgan fingerprint density at radius 2 is 1.71 bits per heavy atom. The summed E-state index contributed by atoms with van der Waals surface area (Å²) in [6, 6.07) is 19.7. The lowest BCUT2D eigenvalue weighted by atomic mass is 10.00. The van der Waals surface area contributed by atoms with Crippen LogP contribution in [0.5, 0.6) is 0 Å². The molecule has 184 valence electrons. The maximum absolute atomic E-state index is 13.6. The number of nitrogens with two attached hydrogens (primary N) is 1. The van der Waals surface area contributed by atoms with Crippen LogP contribution >= 0.6 is 0 Å². The number of aliphatic hydroxyl groups is 1. The molecule has 0 bridgehead atoms. The summed E-state index contributed by atoms with van der Waals surface area (Å²) in [4.78, 5) is 40.2. The first-order valence-electron chi connectivity index (χ1n) is 12.0. The second-order valence-corrected chi connectivity index (χ2v) is 8.57. The van der Waals surface area contributed by atoms with E-state index >= 15 is 0 Å².